The second-order valence-electron chi connectivity index (χ2n) is 8.06. The van der Waals surface area contributed by atoms with Gasteiger partial charge in [0.2, 0.25) is 0 Å². The van der Waals surface area contributed by atoms with E-state index < -0.39 is 0 Å². The number of rotatable bonds is 1. The number of benzene rings is 1. The molecule has 1 saturated carbocycles. The van der Waals surface area contributed by atoms with E-state index in [1.807, 2.05) is 0 Å². The summed E-state index contributed by atoms with van der Waals surface area (Å²) in [4.78, 5) is 0. The monoisotopic (exact) mass is 270 g/mol. The number of hydrogen-bond acceptors (Lipinski definition) is 0. The van der Waals surface area contributed by atoms with Gasteiger partial charge in [-0.05, 0) is 72.8 Å². The predicted octanol–water partition coefficient (Wildman–Crippen LogP) is 6.05. The van der Waals surface area contributed by atoms with Crippen LogP contribution in [0.4, 0.5) is 0 Å². The molecule has 0 bridgehead atoms. The Bertz CT molecular complexity index is 499. The summed E-state index contributed by atoms with van der Waals surface area (Å²) in [6.07, 6.45) is 5.62. The maximum absolute atomic E-state index is 2.60. The molecule has 0 saturated heterocycles. The lowest BCUT2D eigenvalue weighted by atomic mass is 9.66. The van der Waals surface area contributed by atoms with E-state index in [4.69, 9.17) is 0 Å². The van der Waals surface area contributed by atoms with Gasteiger partial charge in [-0.3, -0.25) is 0 Å². The molecule has 0 amide bonds. The third-order valence-electron chi connectivity index (χ3n) is 6.48. The van der Waals surface area contributed by atoms with E-state index in [2.05, 4.69) is 52.8 Å². The molecule has 1 fully saturated rings. The summed E-state index contributed by atoms with van der Waals surface area (Å²) in [6.45, 7) is 12.2. The van der Waals surface area contributed by atoms with Gasteiger partial charge in [-0.2, -0.15) is 0 Å². The first-order valence-electron chi connectivity index (χ1n) is 8.54. The van der Waals surface area contributed by atoms with Crippen LogP contribution in [0.2, 0.25) is 0 Å². The Morgan fingerprint density at radius 2 is 1.85 bits per heavy atom. The molecule has 0 aromatic heterocycles. The summed E-state index contributed by atoms with van der Waals surface area (Å²) in [5.41, 5.74) is 5.31. The minimum absolute atomic E-state index is 0.529. The molecule has 20 heavy (non-hydrogen) atoms. The lowest BCUT2D eigenvalue weighted by molar-refractivity contribution is 0.139. The third-order valence-corrected chi connectivity index (χ3v) is 6.48. The van der Waals surface area contributed by atoms with E-state index in [1.54, 1.807) is 11.1 Å². The van der Waals surface area contributed by atoms with E-state index in [9.17, 15) is 0 Å². The first-order chi connectivity index (χ1) is 9.43. The Labute approximate surface area is 125 Å². The van der Waals surface area contributed by atoms with Crippen molar-refractivity contribution >= 4 is 0 Å². The average molecular weight is 270 g/mol. The van der Waals surface area contributed by atoms with Crippen LogP contribution in [0, 0.1) is 24.2 Å². The van der Waals surface area contributed by atoms with E-state index in [-0.39, 0.29) is 0 Å². The summed E-state index contributed by atoms with van der Waals surface area (Å²) in [6, 6.07) is 7.24. The molecular weight excluding hydrogens is 240 g/mol. The molecule has 0 unspecified atom stereocenters. The molecular formula is C20H30. The van der Waals surface area contributed by atoms with Crippen molar-refractivity contribution in [3.05, 3.63) is 34.9 Å². The zero-order valence-electron chi connectivity index (χ0n) is 13.9. The molecule has 2 aliphatic carbocycles. The largest absolute Gasteiger partial charge is 0.0625 e. The molecule has 0 spiro atoms. The fourth-order valence-electron chi connectivity index (χ4n) is 5.36. The number of hydrogen-bond donors (Lipinski definition) is 0. The topological polar surface area (TPSA) is 0 Å². The van der Waals surface area contributed by atoms with Crippen molar-refractivity contribution in [1.29, 1.82) is 0 Å². The zero-order valence-corrected chi connectivity index (χ0v) is 13.9. The first-order valence-corrected chi connectivity index (χ1v) is 8.54. The summed E-state index contributed by atoms with van der Waals surface area (Å²) >= 11 is 0. The lowest BCUT2D eigenvalue weighted by Crippen LogP contribution is -2.30. The van der Waals surface area contributed by atoms with Crippen molar-refractivity contribution in [3.8, 4) is 0 Å². The Balaban J connectivity index is 2.10. The van der Waals surface area contributed by atoms with Gasteiger partial charge in [0, 0.05) is 0 Å². The average Bonchev–Trinajstić information content (AvgIpc) is 2.69. The number of aryl methyl sites for hydroxylation is 1. The molecule has 1 aromatic rings. The summed E-state index contributed by atoms with van der Waals surface area (Å²) < 4.78 is 0. The van der Waals surface area contributed by atoms with Gasteiger partial charge in [0.15, 0.2) is 0 Å². The van der Waals surface area contributed by atoms with Crippen LogP contribution in [0.3, 0.4) is 0 Å². The van der Waals surface area contributed by atoms with Crippen LogP contribution in [-0.2, 0) is 0 Å². The van der Waals surface area contributed by atoms with Gasteiger partial charge in [-0.1, -0.05) is 51.5 Å². The van der Waals surface area contributed by atoms with Crippen LogP contribution in [0.5, 0.6) is 0 Å². The van der Waals surface area contributed by atoms with E-state index >= 15 is 0 Å². The highest BCUT2D eigenvalue weighted by molar-refractivity contribution is 5.39. The van der Waals surface area contributed by atoms with Gasteiger partial charge in [0.05, 0.1) is 0 Å². The van der Waals surface area contributed by atoms with Gasteiger partial charge in [-0.25, -0.2) is 0 Å². The minimum atomic E-state index is 0.529. The molecule has 0 heteroatoms. The van der Waals surface area contributed by atoms with Crippen LogP contribution in [0.1, 0.15) is 81.9 Å². The fourth-order valence-corrected chi connectivity index (χ4v) is 5.36. The van der Waals surface area contributed by atoms with E-state index in [0.717, 1.165) is 23.7 Å². The van der Waals surface area contributed by atoms with Crippen LogP contribution < -0.4 is 0 Å². The van der Waals surface area contributed by atoms with Crippen LogP contribution in [0.15, 0.2) is 18.2 Å². The van der Waals surface area contributed by atoms with Gasteiger partial charge >= 0.3 is 0 Å². The van der Waals surface area contributed by atoms with Gasteiger partial charge in [0.1, 0.15) is 0 Å². The Morgan fingerprint density at radius 1 is 1.10 bits per heavy atom. The Hall–Kier alpha value is -0.780. The van der Waals surface area contributed by atoms with Crippen molar-refractivity contribution in [1.82, 2.24) is 0 Å². The summed E-state index contributed by atoms with van der Waals surface area (Å²) in [5.74, 6) is 3.27. The minimum Gasteiger partial charge on any atom is -0.0625 e. The highest BCUT2D eigenvalue weighted by Crippen LogP contribution is 2.60. The second kappa shape index (κ2) is 4.90. The molecule has 2 aliphatic rings. The van der Waals surface area contributed by atoms with E-state index in [0.29, 0.717) is 5.41 Å². The molecule has 0 radical (unpaired) electrons. The zero-order chi connectivity index (χ0) is 14.5. The quantitative estimate of drug-likeness (QED) is 0.583. The van der Waals surface area contributed by atoms with Crippen molar-refractivity contribution in [3.63, 3.8) is 0 Å². The predicted molar refractivity (Wildman–Crippen MR) is 87.2 cm³/mol. The lowest BCUT2D eigenvalue weighted by Gasteiger charge is -2.38. The molecule has 110 valence electrons. The fraction of sp³-hybridized carbons (Fsp3) is 0.700. The van der Waals surface area contributed by atoms with Crippen molar-refractivity contribution in [2.45, 2.75) is 72.1 Å². The van der Waals surface area contributed by atoms with Gasteiger partial charge in [0.25, 0.3) is 0 Å². The molecule has 0 aliphatic heterocycles. The van der Waals surface area contributed by atoms with Gasteiger partial charge < -0.3 is 0 Å². The van der Waals surface area contributed by atoms with Crippen molar-refractivity contribution in [2.75, 3.05) is 0 Å². The Morgan fingerprint density at radius 3 is 2.55 bits per heavy atom. The highest BCUT2D eigenvalue weighted by atomic mass is 14.5. The van der Waals surface area contributed by atoms with E-state index in [1.165, 1.54) is 31.2 Å². The summed E-state index contributed by atoms with van der Waals surface area (Å²) in [5, 5.41) is 0. The van der Waals surface area contributed by atoms with Crippen LogP contribution in [0.25, 0.3) is 0 Å². The molecule has 0 nitrogen and oxygen atoms in total. The Kier molecular flexibility index (Phi) is 3.47. The maximum atomic E-state index is 2.60. The molecule has 0 heterocycles. The first kappa shape index (κ1) is 14.2. The highest BCUT2D eigenvalue weighted by Gasteiger charge is 2.49. The van der Waals surface area contributed by atoms with Gasteiger partial charge in [-0.15, -0.1) is 0 Å². The molecule has 0 N–H and O–H groups in total. The molecule has 4 atom stereocenters. The standard InChI is InChI=1S/C20H30/c1-13(2)18-8-9-19-17-12-14(3)6-7-16(17)15(4)10-11-20(18,19)5/h6-7,12-13,15,18-19H,8-11H2,1-5H3/t15-,18-,19-,20+/m1/s1. The second-order valence-corrected chi connectivity index (χ2v) is 8.06. The smallest absolute Gasteiger partial charge is 0.0102 e. The van der Waals surface area contributed by atoms with Crippen molar-refractivity contribution < 1.29 is 0 Å². The summed E-state index contributed by atoms with van der Waals surface area (Å²) in [7, 11) is 0. The SMILES string of the molecule is Cc1ccc2c(c1)[C@H]1CC[C@H](C(C)C)[C@]1(C)CC[C@H]2C. The van der Waals surface area contributed by atoms with Crippen LogP contribution >= 0.6 is 0 Å². The van der Waals surface area contributed by atoms with Crippen LogP contribution in [-0.4, -0.2) is 0 Å². The number of fused-ring (bicyclic) bond motifs is 3. The maximum Gasteiger partial charge on any atom is -0.0102 e. The third kappa shape index (κ3) is 2.03. The van der Waals surface area contributed by atoms with Crippen molar-refractivity contribution in [2.24, 2.45) is 17.3 Å². The molecule has 1 aromatic carbocycles. The molecule has 3 rings (SSSR count). The normalized spacial score (nSPS) is 36.6.